The number of amides is 1. The van der Waals surface area contributed by atoms with Crippen molar-refractivity contribution in [3.8, 4) is 11.3 Å². The first-order chi connectivity index (χ1) is 14.0. The van der Waals surface area contributed by atoms with Crippen molar-refractivity contribution >= 4 is 17.5 Å². The average Bonchev–Trinajstić information content (AvgIpc) is 3.42. The molecule has 0 atom stereocenters. The number of carbonyl (C=O) groups is 2. The fourth-order valence-corrected chi connectivity index (χ4v) is 2.64. The Morgan fingerprint density at radius 3 is 2.86 bits per heavy atom. The summed E-state index contributed by atoms with van der Waals surface area (Å²) in [5.74, 6) is -0.159. The van der Waals surface area contributed by atoms with Gasteiger partial charge in [-0.1, -0.05) is 12.1 Å². The molecule has 0 spiro atoms. The van der Waals surface area contributed by atoms with Crippen LogP contribution in [-0.4, -0.2) is 31.7 Å². The van der Waals surface area contributed by atoms with Gasteiger partial charge in [0.2, 0.25) is 0 Å². The minimum atomic E-state index is -0.582. The van der Waals surface area contributed by atoms with Gasteiger partial charge in [0.15, 0.2) is 35.2 Å². The molecule has 0 radical (unpaired) electrons. The van der Waals surface area contributed by atoms with Crippen molar-refractivity contribution in [1.82, 2.24) is 20.0 Å². The van der Waals surface area contributed by atoms with Gasteiger partial charge < -0.3 is 14.2 Å². The number of halogens is 1. The zero-order chi connectivity index (χ0) is 20.4. The summed E-state index contributed by atoms with van der Waals surface area (Å²) >= 11 is 0. The van der Waals surface area contributed by atoms with E-state index in [-0.39, 0.29) is 35.4 Å². The van der Waals surface area contributed by atoms with E-state index in [0.29, 0.717) is 11.3 Å². The Hall–Kier alpha value is -4.08. The second-order valence-electron chi connectivity index (χ2n) is 6.08. The molecule has 0 aliphatic heterocycles. The predicted octanol–water partition coefficient (Wildman–Crippen LogP) is 3.17. The highest BCUT2D eigenvalue weighted by Gasteiger charge is 2.20. The highest BCUT2D eigenvalue weighted by molar-refractivity contribution is 6.05. The molecule has 1 N–H and O–H groups in total. The average molecular weight is 395 g/mol. The second kappa shape index (κ2) is 7.50. The summed E-state index contributed by atoms with van der Waals surface area (Å²) in [6, 6.07) is 8.87. The normalized spacial score (nSPS) is 10.8. The summed E-state index contributed by atoms with van der Waals surface area (Å²) in [4.78, 5) is 29.0. The first-order valence-electron chi connectivity index (χ1n) is 8.50. The third-order valence-electron chi connectivity index (χ3n) is 3.95. The molecule has 0 bridgehead atoms. The van der Waals surface area contributed by atoms with Crippen LogP contribution in [-0.2, 0) is 6.54 Å². The van der Waals surface area contributed by atoms with Crippen molar-refractivity contribution in [3.05, 3.63) is 72.0 Å². The Bertz CT molecular complexity index is 1190. The van der Waals surface area contributed by atoms with E-state index in [1.807, 2.05) is 0 Å². The molecule has 29 heavy (non-hydrogen) atoms. The first kappa shape index (κ1) is 18.3. The molecular formula is C19H14FN5O4. The standard InChI is InChI=1S/C19H14FN5O4/c1-11(26)15-6-5-14(29-15)9-25-22-8-16(24-25)23-19(27)17-18(28-10-21-17)12-3-2-4-13(20)7-12/h2-8,10H,9H2,1H3,(H,23,24,27). The maximum atomic E-state index is 13.5. The lowest BCUT2D eigenvalue weighted by molar-refractivity contribution is 0.0983. The molecule has 4 rings (SSSR count). The van der Waals surface area contributed by atoms with Crippen LogP contribution in [0.2, 0.25) is 0 Å². The van der Waals surface area contributed by atoms with Gasteiger partial charge in [-0.25, -0.2) is 9.37 Å². The Morgan fingerprint density at radius 2 is 2.10 bits per heavy atom. The number of furan rings is 1. The largest absolute Gasteiger partial charge is 0.456 e. The van der Waals surface area contributed by atoms with Gasteiger partial charge in [0.25, 0.3) is 5.91 Å². The van der Waals surface area contributed by atoms with Crippen molar-refractivity contribution in [2.24, 2.45) is 0 Å². The molecule has 9 nitrogen and oxygen atoms in total. The molecule has 3 heterocycles. The fourth-order valence-electron chi connectivity index (χ4n) is 2.64. The van der Waals surface area contributed by atoms with E-state index < -0.39 is 11.7 Å². The number of aromatic nitrogens is 4. The third kappa shape index (κ3) is 3.95. The molecule has 0 saturated carbocycles. The van der Waals surface area contributed by atoms with E-state index in [0.717, 1.165) is 6.39 Å². The molecule has 0 aliphatic carbocycles. The maximum Gasteiger partial charge on any atom is 0.279 e. The second-order valence-corrected chi connectivity index (χ2v) is 6.08. The van der Waals surface area contributed by atoms with Crippen LogP contribution in [0.3, 0.4) is 0 Å². The number of hydrogen-bond donors (Lipinski definition) is 1. The lowest BCUT2D eigenvalue weighted by Gasteiger charge is -2.02. The summed E-state index contributed by atoms with van der Waals surface area (Å²) in [7, 11) is 0. The SMILES string of the molecule is CC(=O)c1ccc(Cn2ncc(NC(=O)c3ncoc3-c3cccc(F)c3)n2)o1. The molecule has 4 aromatic rings. The number of nitrogens with zero attached hydrogens (tertiary/aromatic N) is 4. The first-order valence-corrected chi connectivity index (χ1v) is 8.50. The van der Waals surface area contributed by atoms with Gasteiger partial charge in [0.1, 0.15) is 18.1 Å². The molecule has 1 aromatic carbocycles. The number of hydrogen-bond acceptors (Lipinski definition) is 7. The van der Waals surface area contributed by atoms with Crippen LogP contribution in [0.1, 0.15) is 33.7 Å². The van der Waals surface area contributed by atoms with Gasteiger partial charge >= 0.3 is 0 Å². The van der Waals surface area contributed by atoms with Gasteiger partial charge in [0.05, 0.1) is 6.20 Å². The Balaban J connectivity index is 1.47. The monoisotopic (exact) mass is 395 g/mol. The zero-order valence-corrected chi connectivity index (χ0v) is 15.1. The van der Waals surface area contributed by atoms with Crippen LogP contribution in [0.15, 0.2) is 57.8 Å². The molecule has 0 saturated heterocycles. The number of ketones is 1. The van der Waals surface area contributed by atoms with Crippen LogP contribution in [0.4, 0.5) is 10.2 Å². The van der Waals surface area contributed by atoms with Gasteiger partial charge in [-0.15, -0.1) is 5.10 Å². The van der Waals surface area contributed by atoms with E-state index >= 15 is 0 Å². The number of carbonyl (C=O) groups excluding carboxylic acids is 2. The van der Waals surface area contributed by atoms with Crippen molar-refractivity contribution < 1.29 is 22.8 Å². The van der Waals surface area contributed by atoms with Crippen LogP contribution in [0.5, 0.6) is 0 Å². The fraction of sp³-hybridized carbons (Fsp3) is 0.105. The molecular weight excluding hydrogens is 381 g/mol. The van der Waals surface area contributed by atoms with Crippen molar-refractivity contribution in [3.63, 3.8) is 0 Å². The molecule has 0 aliphatic rings. The van der Waals surface area contributed by atoms with E-state index in [4.69, 9.17) is 8.83 Å². The number of Topliss-reactive ketones (excluding diaryl/α,β-unsaturated/α-hetero) is 1. The number of oxazole rings is 1. The van der Waals surface area contributed by atoms with Gasteiger partial charge in [-0.3, -0.25) is 9.59 Å². The van der Waals surface area contributed by atoms with Crippen LogP contribution >= 0.6 is 0 Å². The molecule has 0 unspecified atom stereocenters. The van der Waals surface area contributed by atoms with Crippen LogP contribution < -0.4 is 5.32 Å². The summed E-state index contributed by atoms with van der Waals surface area (Å²) in [6.45, 7) is 1.59. The highest BCUT2D eigenvalue weighted by atomic mass is 19.1. The molecule has 0 fully saturated rings. The number of anilines is 1. The van der Waals surface area contributed by atoms with Gasteiger partial charge in [0, 0.05) is 12.5 Å². The van der Waals surface area contributed by atoms with E-state index in [2.05, 4.69) is 20.5 Å². The topological polar surface area (TPSA) is 116 Å². The van der Waals surface area contributed by atoms with Crippen LogP contribution in [0.25, 0.3) is 11.3 Å². The molecule has 1 amide bonds. The summed E-state index contributed by atoms with van der Waals surface area (Å²) < 4.78 is 24.1. The molecule has 146 valence electrons. The third-order valence-corrected chi connectivity index (χ3v) is 3.95. The molecule has 3 aromatic heterocycles. The summed E-state index contributed by atoms with van der Waals surface area (Å²) in [5, 5.41) is 10.7. The quantitative estimate of drug-likeness (QED) is 0.499. The molecule has 10 heteroatoms. The number of nitrogens with one attached hydrogen (secondary N) is 1. The van der Waals surface area contributed by atoms with Crippen molar-refractivity contribution in [2.45, 2.75) is 13.5 Å². The summed E-state index contributed by atoms with van der Waals surface area (Å²) in [6.07, 6.45) is 2.46. The Kier molecular flexibility index (Phi) is 4.73. The predicted molar refractivity (Wildman–Crippen MR) is 97.7 cm³/mol. The van der Waals surface area contributed by atoms with Gasteiger partial charge in [-0.2, -0.15) is 9.90 Å². The lowest BCUT2D eigenvalue weighted by Crippen LogP contribution is -2.14. The maximum absolute atomic E-state index is 13.5. The smallest absolute Gasteiger partial charge is 0.279 e. The highest BCUT2D eigenvalue weighted by Crippen LogP contribution is 2.24. The van der Waals surface area contributed by atoms with Crippen molar-refractivity contribution in [1.29, 1.82) is 0 Å². The van der Waals surface area contributed by atoms with E-state index in [1.54, 1.807) is 18.2 Å². The minimum absolute atomic E-state index is 0.0118. The number of rotatable bonds is 6. The lowest BCUT2D eigenvalue weighted by atomic mass is 10.1. The Morgan fingerprint density at radius 1 is 1.24 bits per heavy atom. The minimum Gasteiger partial charge on any atom is -0.456 e. The van der Waals surface area contributed by atoms with E-state index in [1.165, 1.54) is 36.1 Å². The number of benzene rings is 1. The van der Waals surface area contributed by atoms with E-state index in [9.17, 15) is 14.0 Å². The Labute approximate surface area is 163 Å². The summed E-state index contributed by atoms with van der Waals surface area (Å²) in [5.41, 5.74) is 0.373. The van der Waals surface area contributed by atoms with Crippen LogP contribution in [0, 0.1) is 5.82 Å². The van der Waals surface area contributed by atoms with Gasteiger partial charge in [-0.05, 0) is 24.3 Å². The van der Waals surface area contributed by atoms with Crippen molar-refractivity contribution in [2.75, 3.05) is 5.32 Å². The zero-order valence-electron chi connectivity index (χ0n) is 15.1.